The molecule has 1 fully saturated rings. The molecule has 0 radical (unpaired) electrons. The Morgan fingerprint density at radius 1 is 0.680 bits per heavy atom. The van der Waals surface area contributed by atoms with Crippen LogP contribution in [0.1, 0.15) is 155 Å². The predicted molar refractivity (Wildman–Crippen MR) is 210 cm³/mol. The molecule has 1 unspecified atom stereocenters. The number of carboxylic acids is 2. The molecule has 0 amide bonds. The summed E-state index contributed by atoms with van der Waals surface area (Å²) in [4.78, 5) is 48.8. The Morgan fingerprint density at radius 2 is 1.14 bits per heavy atom. The first-order chi connectivity index (χ1) is 23.2. The molecule has 0 aliphatic heterocycles. The van der Waals surface area contributed by atoms with Crippen LogP contribution in [-0.4, -0.2) is 57.1 Å². The van der Waals surface area contributed by atoms with Gasteiger partial charge in [-0.25, -0.2) is 19.2 Å². The van der Waals surface area contributed by atoms with Crippen molar-refractivity contribution in [1.29, 1.82) is 0 Å². The van der Waals surface area contributed by atoms with Crippen molar-refractivity contribution in [2.24, 2.45) is 11.8 Å². The van der Waals surface area contributed by atoms with Crippen molar-refractivity contribution in [2.45, 2.75) is 188 Å². The van der Waals surface area contributed by atoms with Crippen molar-refractivity contribution in [1.82, 2.24) is 0 Å². The van der Waals surface area contributed by atoms with E-state index < -0.39 is 40.3 Å². The van der Waals surface area contributed by atoms with Crippen LogP contribution in [-0.2, 0) is 28.3 Å². The summed E-state index contributed by atoms with van der Waals surface area (Å²) in [5, 5.41) is 20.4. The van der Waals surface area contributed by atoms with Crippen LogP contribution < -0.4 is 0 Å². The van der Waals surface area contributed by atoms with Gasteiger partial charge in [0.15, 0.2) is 0 Å². The molecule has 1 saturated carbocycles. The molecule has 2 N–H and O–H groups in total. The molecule has 0 aromatic heterocycles. The molecule has 1 aliphatic carbocycles. The Kier molecular flexibility index (Phi) is 21.7. The summed E-state index contributed by atoms with van der Waals surface area (Å²) in [6.45, 7) is 29.9. The number of carbonyl (C=O) groups is 4. The lowest BCUT2D eigenvalue weighted by Crippen LogP contribution is -2.51. The maximum atomic E-state index is 12.4. The second-order valence-corrected chi connectivity index (χ2v) is 27.5. The van der Waals surface area contributed by atoms with Gasteiger partial charge in [-0.2, -0.15) is 0 Å². The molecule has 0 saturated heterocycles. The van der Waals surface area contributed by atoms with Gasteiger partial charge in [0.05, 0.1) is 6.61 Å². The summed E-state index contributed by atoms with van der Waals surface area (Å²) in [7, 11) is -4.80. The SMILES string of the molecule is CC(C)[Si](/C(C(=O)O)=C(/C(=O)O)C1CCCCC1)(C(C)C)C(C)C.CCCCC(CC)COC(=O)/C=C\C(=O)O[Si](C(C)C)(C(C)C)C(C)C. The van der Waals surface area contributed by atoms with E-state index in [1.807, 2.05) is 0 Å². The van der Waals surface area contributed by atoms with E-state index in [1.54, 1.807) is 0 Å². The molecule has 0 bridgehead atoms. The number of carboxylic acid groups (broad SMARTS) is 2. The molecule has 0 aromatic rings. The molecule has 10 heteroatoms. The number of carbonyl (C=O) groups excluding carboxylic acids is 2. The molecule has 290 valence electrons. The van der Waals surface area contributed by atoms with Crippen LogP contribution in [0, 0.1) is 11.8 Å². The van der Waals surface area contributed by atoms with Gasteiger partial charge < -0.3 is 19.4 Å². The van der Waals surface area contributed by atoms with Gasteiger partial charge in [0.2, 0.25) is 0 Å². The van der Waals surface area contributed by atoms with Gasteiger partial charge in [0, 0.05) is 22.9 Å². The number of ether oxygens (including phenoxy) is 1. The molecule has 1 rings (SSSR count). The van der Waals surface area contributed by atoms with Crippen LogP contribution in [0.25, 0.3) is 0 Å². The monoisotopic (exact) mass is 738 g/mol. The fourth-order valence-corrected chi connectivity index (χ4v) is 21.1. The lowest BCUT2D eigenvalue weighted by molar-refractivity contribution is -0.140. The van der Waals surface area contributed by atoms with Crippen LogP contribution in [0.4, 0.5) is 0 Å². The fourth-order valence-electron chi connectivity index (χ4n) is 9.12. The summed E-state index contributed by atoms with van der Waals surface area (Å²) < 4.78 is 11.3. The van der Waals surface area contributed by atoms with Gasteiger partial charge in [-0.1, -0.05) is 135 Å². The minimum absolute atomic E-state index is 0.106. The maximum absolute atomic E-state index is 12.4. The highest BCUT2D eigenvalue weighted by Crippen LogP contribution is 2.49. The van der Waals surface area contributed by atoms with E-state index in [2.05, 4.69) is 96.9 Å². The van der Waals surface area contributed by atoms with Crippen molar-refractivity contribution < 1.29 is 38.6 Å². The quantitative estimate of drug-likeness (QED) is 0.0761. The first-order valence-corrected chi connectivity index (χ1v) is 23.9. The number of esters is 1. The van der Waals surface area contributed by atoms with Crippen LogP contribution in [0.3, 0.4) is 0 Å². The van der Waals surface area contributed by atoms with Crippen molar-refractivity contribution >= 4 is 40.3 Å². The van der Waals surface area contributed by atoms with Gasteiger partial charge in [-0.15, -0.1) is 0 Å². The Bertz CT molecular complexity index is 1090. The number of hydrogen-bond acceptors (Lipinski definition) is 6. The Hall–Kier alpha value is -2.21. The molecule has 50 heavy (non-hydrogen) atoms. The van der Waals surface area contributed by atoms with Gasteiger partial charge in [0.25, 0.3) is 8.32 Å². The zero-order valence-electron chi connectivity index (χ0n) is 34.2. The van der Waals surface area contributed by atoms with Crippen molar-refractivity contribution in [3.05, 3.63) is 22.9 Å². The summed E-state index contributed by atoms with van der Waals surface area (Å²) in [5.74, 6) is -2.63. The molecule has 8 nitrogen and oxygen atoms in total. The fraction of sp³-hybridized carbons (Fsp3) is 0.800. The first kappa shape index (κ1) is 47.8. The van der Waals surface area contributed by atoms with E-state index in [9.17, 15) is 29.4 Å². The number of unbranched alkanes of at least 4 members (excludes halogenated alkanes) is 1. The summed E-state index contributed by atoms with van der Waals surface area (Å²) >= 11 is 0. The molecule has 1 atom stereocenters. The molecule has 1 aliphatic rings. The lowest BCUT2D eigenvalue weighted by atomic mass is 9.83. The van der Waals surface area contributed by atoms with E-state index in [-0.39, 0.29) is 28.1 Å². The highest BCUT2D eigenvalue weighted by molar-refractivity contribution is 6.93. The second kappa shape index (κ2) is 22.7. The van der Waals surface area contributed by atoms with Crippen LogP contribution in [0.5, 0.6) is 0 Å². The highest BCUT2D eigenvalue weighted by Gasteiger charge is 2.52. The summed E-state index contributed by atoms with van der Waals surface area (Å²) in [5.41, 5.74) is 1.72. The largest absolute Gasteiger partial charge is 0.515 e. The summed E-state index contributed by atoms with van der Waals surface area (Å²) in [6.07, 6.45) is 11.5. The van der Waals surface area contributed by atoms with Crippen molar-refractivity contribution in [3.63, 3.8) is 0 Å². The van der Waals surface area contributed by atoms with Crippen molar-refractivity contribution in [3.8, 4) is 0 Å². The standard InChI is InChI=1S/C21H40O4Si.C19H34O4Si/c1-9-11-12-19(10-2)15-24-20(22)13-14-21(23)25-26(16(3)4,17(5)6)18(7)8;1-12(2)24(13(3)4,14(5)6)17(19(22)23)16(18(20)21)15-10-8-7-9-11-15/h13-14,16-19H,9-12,15H2,1-8H3;12-15H,7-11H2,1-6H3,(H,20,21)(H,22,23)/b14-13-;17-16+. The third kappa shape index (κ3) is 12.8. The topological polar surface area (TPSA) is 127 Å². The van der Waals surface area contributed by atoms with Crippen LogP contribution in [0.2, 0.25) is 33.2 Å². The zero-order valence-corrected chi connectivity index (χ0v) is 36.2. The smallest absolute Gasteiger partial charge is 0.331 e. The van der Waals surface area contributed by atoms with Gasteiger partial charge in [-0.05, 0) is 64.3 Å². The van der Waals surface area contributed by atoms with Gasteiger partial charge in [-0.3, -0.25) is 0 Å². The zero-order chi connectivity index (χ0) is 39.0. The Morgan fingerprint density at radius 3 is 1.50 bits per heavy atom. The highest BCUT2D eigenvalue weighted by atomic mass is 28.4. The predicted octanol–water partition coefficient (Wildman–Crippen LogP) is 11.3. The molecule has 0 heterocycles. The number of hydrogen-bond donors (Lipinski definition) is 2. The Balaban J connectivity index is 0.000000963. The van der Waals surface area contributed by atoms with Crippen LogP contribution in [0.15, 0.2) is 22.9 Å². The van der Waals surface area contributed by atoms with E-state index in [4.69, 9.17) is 9.16 Å². The van der Waals surface area contributed by atoms with Gasteiger partial charge in [0.1, 0.15) is 8.07 Å². The molecular weight excluding hydrogens is 665 g/mol. The van der Waals surface area contributed by atoms with Crippen LogP contribution >= 0.6 is 0 Å². The minimum Gasteiger partial charge on any atom is -0.515 e. The summed E-state index contributed by atoms with van der Waals surface area (Å²) in [6, 6.07) is 0. The first-order valence-electron chi connectivity index (χ1n) is 19.5. The number of aliphatic carboxylic acids is 2. The second-order valence-electron chi connectivity index (χ2n) is 16.2. The minimum atomic E-state index is -2.53. The maximum Gasteiger partial charge on any atom is 0.331 e. The molecular formula is C40H74O8Si2. The normalized spacial score (nSPS) is 15.8. The van der Waals surface area contributed by atoms with E-state index in [1.165, 1.54) is 12.2 Å². The van der Waals surface area contributed by atoms with E-state index in [0.29, 0.717) is 34.3 Å². The lowest BCUT2D eigenvalue weighted by Gasteiger charge is -2.45. The molecule has 0 aromatic carbocycles. The average Bonchev–Trinajstić information content (AvgIpc) is 3.02. The Labute approximate surface area is 307 Å². The molecule has 0 spiro atoms. The average molecular weight is 739 g/mol. The van der Waals surface area contributed by atoms with Gasteiger partial charge >= 0.3 is 23.9 Å². The van der Waals surface area contributed by atoms with E-state index in [0.717, 1.165) is 57.8 Å². The number of rotatable bonds is 19. The van der Waals surface area contributed by atoms with Crippen molar-refractivity contribution in [2.75, 3.05) is 6.61 Å². The van der Waals surface area contributed by atoms with E-state index >= 15 is 0 Å². The third-order valence-corrected chi connectivity index (χ3v) is 24.4. The third-order valence-electron chi connectivity index (χ3n) is 11.4.